The van der Waals surface area contributed by atoms with Crippen LogP contribution in [-0.2, 0) is 49.4 Å². The van der Waals surface area contributed by atoms with E-state index in [2.05, 4.69) is 0 Å². The Morgan fingerprint density at radius 3 is 0.397 bits per heavy atom. The largest absolute Gasteiger partial charge is 0.416 e. The summed E-state index contributed by atoms with van der Waals surface area (Å²) in [6.07, 6.45) is -54.8. The van der Waals surface area contributed by atoms with Crippen molar-refractivity contribution in [3.63, 3.8) is 0 Å². The zero-order valence-corrected chi connectivity index (χ0v) is 27.6. The Bertz CT molecular complexity index is 1700. The van der Waals surface area contributed by atoms with Gasteiger partial charge in [-0.25, -0.2) is 0 Å². The Balaban J connectivity index is 0.00000900. The maximum atomic E-state index is 14.2. The number of hydrogen-bond acceptors (Lipinski definition) is 0. The molecular formula is C32H16BF24N. The van der Waals surface area contributed by atoms with Gasteiger partial charge in [-0.2, -0.15) is 127 Å². The minimum atomic E-state index is -6.13. The van der Waals surface area contributed by atoms with E-state index in [1.165, 1.54) is 0 Å². The van der Waals surface area contributed by atoms with Crippen LogP contribution in [0, 0.1) is 0 Å². The Hall–Kier alpha value is -4.78. The third-order valence-electron chi connectivity index (χ3n) is 8.44. The van der Waals surface area contributed by atoms with E-state index in [4.69, 9.17) is 0 Å². The molecule has 0 aromatic heterocycles. The normalized spacial score (nSPS) is 14.1. The summed E-state index contributed by atoms with van der Waals surface area (Å²) in [5.74, 6) is 0. The van der Waals surface area contributed by atoms with E-state index in [-0.39, 0.29) is 6.15 Å². The monoisotopic (exact) mass is 881 g/mol. The van der Waals surface area contributed by atoms with Crippen molar-refractivity contribution in [1.29, 1.82) is 0 Å². The van der Waals surface area contributed by atoms with Crippen molar-refractivity contribution in [2.45, 2.75) is 49.4 Å². The predicted molar refractivity (Wildman–Crippen MR) is 156 cm³/mol. The summed E-state index contributed by atoms with van der Waals surface area (Å²) in [4.78, 5) is 0. The van der Waals surface area contributed by atoms with Crippen LogP contribution >= 0.6 is 0 Å². The minimum absolute atomic E-state index is 0. The Labute approximate surface area is 306 Å². The van der Waals surface area contributed by atoms with E-state index in [1.807, 2.05) is 0 Å². The summed E-state index contributed by atoms with van der Waals surface area (Å²) < 4.78 is 341. The molecule has 0 saturated carbocycles. The van der Waals surface area contributed by atoms with Crippen molar-refractivity contribution in [1.82, 2.24) is 6.15 Å². The molecule has 0 aliphatic rings. The average molecular weight is 881 g/mol. The summed E-state index contributed by atoms with van der Waals surface area (Å²) in [6, 6.07) is -8.81. The van der Waals surface area contributed by atoms with Gasteiger partial charge in [-0.05, 0) is 24.3 Å². The van der Waals surface area contributed by atoms with Crippen molar-refractivity contribution in [3.05, 3.63) is 117 Å². The van der Waals surface area contributed by atoms with E-state index in [1.54, 1.807) is 0 Å². The SMILES string of the molecule is FC(F)(F)c1cc([B-](c2cc(C(F)(F)F)cc(C(F)(F)F)c2)(c2cc(C(F)(F)F)cc(C(F)(F)F)c2)c2cc(C(F)(F)F)cc(C(F)(F)F)c2)cc(C(F)(F)F)c1.[NH4+]. The first kappa shape index (κ1) is 47.6. The molecular weight excluding hydrogens is 865 g/mol. The van der Waals surface area contributed by atoms with Gasteiger partial charge in [0.05, 0.1) is 44.5 Å². The maximum Gasteiger partial charge on any atom is 0.416 e. The Morgan fingerprint density at radius 2 is 0.310 bits per heavy atom. The molecule has 0 aliphatic heterocycles. The second-order valence-corrected chi connectivity index (χ2v) is 12.2. The smallest absolute Gasteiger partial charge is 0.369 e. The van der Waals surface area contributed by atoms with Crippen LogP contribution in [0.2, 0.25) is 0 Å². The molecule has 0 radical (unpaired) electrons. The highest BCUT2D eigenvalue weighted by Gasteiger charge is 2.47. The lowest BCUT2D eigenvalue weighted by molar-refractivity contribution is -0.144. The highest BCUT2D eigenvalue weighted by atomic mass is 19.4. The van der Waals surface area contributed by atoms with Gasteiger partial charge in [-0.1, -0.05) is 48.5 Å². The van der Waals surface area contributed by atoms with Gasteiger partial charge in [-0.15, -0.1) is 0 Å². The first-order valence-corrected chi connectivity index (χ1v) is 14.6. The van der Waals surface area contributed by atoms with Crippen LogP contribution in [0.25, 0.3) is 0 Å². The van der Waals surface area contributed by atoms with Gasteiger partial charge in [0.25, 0.3) is 0 Å². The van der Waals surface area contributed by atoms with Gasteiger partial charge in [-0.3, -0.25) is 0 Å². The summed E-state index contributed by atoms with van der Waals surface area (Å²) >= 11 is 0. The quantitative estimate of drug-likeness (QED) is 0.157. The molecule has 0 unspecified atom stereocenters. The highest BCUT2D eigenvalue weighted by molar-refractivity contribution is 7.20. The highest BCUT2D eigenvalue weighted by Crippen LogP contribution is 2.41. The van der Waals surface area contributed by atoms with Crippen LogP contribution in [0.5, 0.6) is 0 Å². The summed E-state index contributed by atoms with van der Waals surface area (Å²) in [6.45, 7) is 0. The third kappa shape index (κ3) is 9.73. The predicted octanol–water partition coefficient (Wildman–Crippen LogP) is 11.6. The van der Waals surface area contributed by atoms with Gasteiger partial charge in [0.15, 0.2) is 0 Å². The molecule has 4 aromatic carbocycles. The second-order valence-electron chi connectivity index (χ2n) is 12.2. The first-order chi connectivity index (χ1) is 25.3. The molecule has 0 spiro atoms. The van der Waals surface area contributed by atoms with Crippen LogP contribution in [-0.4, -0.2) is 6.15 Å². The molecule has 1 nitrogen and oxygen atoms in total. The van der Waals surface area contributed by atoms with Gasteiger partial charge < -0.3 is 6.15 Å². The number of hydrogen-bond donors (Lipinski definition) is 1. The Kier molecular flexibility index (Phi) is 11.9. The summed E-state index contributed by atoms with van der Waals surface area (Å²) in [5, 5.41) is 0. The maximum absolute atomic E-state index is 14.2. The number of alkyl halides is 24. The summed E-state index contributed by atoms with van der Waals surface area (Å²) in [7, 11) is 0. The molecule has 0 heterocycles. The zero-order chi connectivity index (χ0) is 43.9. The van der Waals surface area contributed by atoms with Crippen LogP contribution in [0.1, 0.15) is 44.5 Å². The van der Waals surface area contributed by atoms with Gasteiger partial charge in [0, 0.05) is 0 Å². The van der Waals surface area contributed by atoms with E-state index >= 15 is 0 Å². The number of rotatable bonds is 4. The van der Waals surface area contributed by atoms with E-state index in [0.717, 1.165) is 0 Å². The van der Waals surface area contributed by atoms with E-state index in [9.17, 15) is 105 Å². The fourth-order valence-corrected chi connectivity index (χ4v) is 6.07. The topological polar surface area (TPSA) is 36.5 Å². The van der Waals surface area contributed by atoms with Crippen LogP contribution in [0.4, 0.5) is 105 Å². The molecule has 26 heteroatoms. The fraction of sp³-hybridized carbons (Fsp3) is 0.250. The average Bonchev–Trinajstić information content (AvgIpc) is 3.01. The molecule has 0 bridgehead atoms. The van der Waals surface area contributed by atoms with Crippen molar-refractivity contribution in [2.24, 2.45) is 0 Å². The van der Waals surface area contributed by atoms with Crippen molar-refractivity contribution in [2.75, 3.05) is 0 Å². The van der Waals surface area contributed by atoms with E-state index < -0.39 is 195 Å². The first-order valence-electron chi connectivity index (χ1n) is 14.6. The van der Waals surface area contributed by atoms with Gasteiger partial charge in [0.2, 0.25) is 0 Å². The third-order valence-corrected chi connectivity index (χ3v) is 8.44. The van der Waals surface area contributed by atoms with Crippen LogP contribution < -0.4 is 28.0 Å². The minimum Gasteiger partial charge on any atom is -0.369 e. The van der Waals surface area contributed by atoms with Crippen molar-refractivity contribution in [3.8, 4) is 0 Å². The lowest BCUT2D eigenvalue weighted by atomic mass is 9.12. The molecule has 4 aromatic rings. The molecule has 0 fully saturated rings. The second kappa shape index (κ2) is 14.5. The molecule has 320 valence electrons. The van der Waals surface area contributed by atoms with Gasteiger partial charge in [0.1, 0.15) is 6.15 Å². The number of halogens is 24. The zero-order valence-electron chi connectivity index (χ0n) is 27.6. The van der Waals surface area contributed by atoms with Crippen LogP contribution in [0.15, 0.2) is 72.8 Å². The molecule has 58 heavy (non-hydrogen) atoms. The standard InChI is InChI=1S/C32H12BF24.H3N/c34-25(35,36)13-1-14(26(37,38)39)6-21(5-13)33(22-7-15(27(40,41)42)2-16(8-22)28(43,44)45,23-9-17(29(46,47)48)3-18(10-23)30(49,50)51)24-11-19(31(52,53)54)4-20(12-24)32(55,56)57;/h1-12H;1H3/q-1;/p+1. The molecule has 0 saturated heterocycles. The Morgan fingerprint density at radius 1 is 0.207 bits per heavy atom. The van der Waals surface area contributed by atoms with Crippen molar-refractivity contribution >= 4 is 28.0 Å². The molecule has 0 atom stereocenters. The lowest BCUT2D eigenvalue weighted by Gasteiger charge is -2.46. The van der Waals surface area contributed by atoms with Gasteiger partial charge >= 0.3 is 49.4 Å². The molecule has 0 amide bonds. The molecule has 0 aliphatic carbocycles. The molecule has 4 N–H and O–H groups in total. The lowest BCUT2D eigenvalue weighted by Crippen LogP contribution is -2.75. The van der Waals surface area contributed by atoms with E-state index in [0.29, 0.717) is 0 Å². The fourth-order valence-electron chi connectivity index (χ4n) is 6.07. The summed E-state index contributed by atoms with van der Waals surface area (Å²) in [5.41, 5.74) is -30.2. The molecule has 4 rings (SSSR count). The number of benzene rings is 4. The van der Waals surface area contributed by atoms with Crippen LogP contribution in [0.3, 0.4) is 0 Å². The number of quaternary nitrogens is 1. The van der Waals surface area contributed by atoms with Crippen molar-refractivity contribution < 1.29 is 105 Å².